The molecule has 1 aliphatic heterocycles. The van der Waals surface area contributed by atoms with Crippen molar-refractivity contribution in [2.75, 3.05) is 6.54 Å². The Morgan fingerprint density at radius 3 is 2.88 bits per heavy atom. The quantitative estimate of drug-likeness (QED) is 0.911. The summed E-state index contributed by atoms with van der Waals surface area (Å²) in [6.07, 6.45) is 2.46. The van der Waals surface area contributed by atoms with Gasteiger partial charge in [0.2, 0.25) is 0 Å². The fourth-order valence-electron chi connectivity index (χ4n) is 2.16. The first-order valence-electron chi connectivity index (χ1n) is 5.95. The Balaban J connectivity index is 2.22. The largest absolute Gasteiger partial charge is 0.488 e. The van der Waals surface area contributed by atoms with E-state index < -0.39 is 0 Å². The third kappa shape index (κ3) is 2.25. The molecule has 0 saturated carbocycles. The molecule has 0 amide bonds. The molecular weight excluding hydrogens is 266 g/mol. The topological polar surface area (TPSA) is 21.3 Å². The smallest absolute Gasteiger partial charge is 0.125 e. The Kier molecular flexibility index (Phi) is 3.87. The van der Waals surface area contributed by atoms with E-state index in [0.717, 1.165) is 29.6 Å². The molecule has 2 unspecified atom stereocenters. The molecule has 16 heavy (non-hydrogen) atoms. The molecule has 0 spiro atoms. The van der Waals surface area contributed by atoms with Crippen LogP contribution < -0.4 is 10.1 Å². The Morgan fingerprint density at radius 2 is 2.19 bits per heavy atom. The maximum Gasteiger partial charge on any atom is 0.125 e. The van der Waals surface area contributed by atoms with Gasteiger partial charge in [0, 0.05) is 10.0 Å². The summed E-state index contributed by atoms with van der Waals surface area (Å²) < 4.78 is 7.03. The van der Waals surface area contributed by atoms with Gasteiger partial charge >= 0.3 is 0 Å². The molecule has 1 heterocycles. The van der Waals surface area contributed by atoms with E-state index in [-0.39, 0.29) is 6.10 Å². The van der Waals surface area contributed by atoms with E-state index in [2.05, 4.69) is 53.3 Å². The van der Waals surface area contributed by atoms with Crippen LogP contribution in [0.5, 0.6) is 5.75 Å². The van der Waals surface area contributed by atoms with Gasteiger partial charge in [0.1, 0.15) is 11.9 Å². The van der Waals surface area contributed by atoms with E-state index in [1.807, 2.05) is 0 Å². The van der Waals surface area contributed by atoms with E-state index in [4.69, 9.17) is 4.74 Å². The van der Waals surface area contributed by atoms with Crippen LogP contribution in [0.2, 0.25) is 0 Å². The van der Waals surface area contributed by atoms with Gasteiger partial charge in [-0.2, -0.15) is 0 Å². The van der Waals surface area contributed by atoms with Crippen LogP contribution in [0, 0.1) is 0 Å². The monoisotopic (exact) mass is 283 g/mol. The molecular formula is C13H18BrNO. The lowest BCUT2D eigenvalue weighted by molar-refractivity contribution is 0.185. The first kappa shape index (κ1) is 11.9. The molecule has 1 aromatic carbocycles. The van der Waals surface area contributed by atoms with Crippen molar-refractivity contribution < 1.29 is 4.74 Å². The number of fused-ring (bicyclic) bond motifs is 1. The zero-order valence-electron chi connectivity index (χ0n) is 9.79. The third-order valence-electron chi connectivity index (χ3n) is 2.98. The van der Waals surface area contributed by atoms with E-state index >= 15 is 0 Å². The fourth-order valence-corrected chi connectivity index (χ4v) is 2.50. The van der Waals surface area contributed by atoms with E-state index in [1.165, 1.54) is 5.56 Å². The second-order valence-corrected chi connectivity index (χ2v) is 5.09. The number of nitrogens with one attached hydrogen (secondary N) is 1. The zero-order chi connectivity index (χ0) is 11.5. The summed E-state index contributed by atoms with van der Waals surface area (Å²) in [7, 11) is 0. The van der Waals surface area contributed by atoms with E-state index in [1.54, 1.807) is 0 Å². The first-order chi connectivity index (χ1) is 7.76. The molecule has 1 N–H and O–H groups in total. The Bertz CT molecular complexity index is 367. The van der Waals surface area contributed by atoms with Crippen molar-refractivity contribution in [2.45, 2.75) is 38.8 Å². The van der Waals surface area contributed by atoms with Gasteiger partial charge in [-0.3, -0.25) is 0 Å². The molecule has 2 atom stereocenters. The van der Waals surface area contributed by atoms with Crippen molar-refractivity contribution in [1.82, 2.24) is 5.32 Å². The van der Waals surface area contributed by atoms with Crippen molar-refractivity contribution in [3.8, 4) is 5.75 Å². The standard InChI is InChI=1S/C13H18BrNO/c1-3-7-15-13-10-6-5-9(14)8-12(10)16-11(13)4-2/h5-6,8,11,13,15H,3-4,7H2,1-2H3. The van der Waals surface area contributed by atoms with Crippen LogP contribution in [0.3, 0.4) is 0 Å². The van der Waals surface area contributed by atoms with E-state index in [9.17, 15) is 0 Å². The molecule has 0 aliphatic carbocycles. The second-order valence-electron chi connectivity index (χ2n) is 4.18. The summed E-state index contributed by atoms with van der Waals surface area (Å²) in [6.45, 7) is 5.40. The summed E-state index contributed by atoms with van der Waals surface area (Å²) in [5.41, 5.74) is 1.29. The highest BCUT2D eigenvalue weighted by atomic mass is 79.9. The van der Waals surface area contributed by atoms with Crippen molar-refractivity contribution >= 4 is 15.9 Å². The fraction of sp³-hybridized carbons (Fsp3) is 0.538. The maximum atomic E-state index is 5.95. The van der Waals surface area contributed by atoms with Crippen LogP contribution in [0.25, 0.3) is 0 Å². The molecule has 0 aromatic heterocycles. The van der Waals surface area contributed by atoms with Crippen molar-refractivity contribution in [3.63, 3.8) is 0 Å². The molecule has 0 radical (unpaired) electrons. The van der Waals surface area contributed by atoms with Crippen LogP contribution in [-0.2, 0) is 0 Å². The highest BCUT2D eigenvalue weighted by Gasteiger charge is 2.32. The SMILES string of the molecule is CCCNC1c2ccc(Br)cc2OC1CC. The van der Waals surface area contributed by atoms with Crippen molar-refractivity contribution in [2.24, 2.45) is 0 Å². The molecule has 3 heteroatoms. The molecule has 0 bridgehead atoms. The number of hydrogen-bond acceptors (Lipinski definition) is 2. The normalized spacial score (nSPS) is 22.9. The number of halogens is 1. The minimum absolute atomic E-state index is 0.274. The molecule has 2 rings (SSSR count). The highest BCUT2D eigenvalue weighted by molar-refractivity contribution is 9.10. The van der Waals surface area contributed by atoms with E-state index in [0.29, 0.717) is 6.04 Å². The first-order valence-corrected chi connectivity index (χ1v) is 6.75. The van der Waals surface area contributed by atoms with Gasteiger partial charge in [0.05, 0.1) is 6.04 Å². The maximum absolute atomic E-state index is 5.95. The summed E-state index contributed by atoms with van der Waals surface area (Å²) in [5, 5.41) is 3.57. The van der Waals surface area contributed by atoms with Gasteiger partial charge in [-0.05, 0) is 31.5 Å². The van der Waals surface area contributed by atoms with Gasteiger partial charge in [-0.25, -0.2) is 0 Å². The number of ether oxygens (including phenoxy) is 1. The van der Waals surface area contributed by atoms with Crippen LogP contribution in [0.1, 0.15) is 38.3 Å². The average molecular weight is 284 g/mol. The minimum atomic E-state index is 0.274. The van der Waals surface area contributed by atoms with Crippen LogP contribution >= 0.6 is 15.9 Å². The third-order valence-corrected chi connectivity index (χ3v) is 3.47. The lowest BCUT2D eigenvalue weighted by Gasteiger charge is -2.18. The van der Waals surface area contributed by atoms with Crippen LogP contribution in [0.15, 0.2) is 22.7 Å². The lowest BCUT2D eigenvalue weighted by Crippen LogP contribution is -2.30. The second kappa shape index (κ2) is 5.19. The summed E-state index contributed by atoms with van der Waals surface area (Å²) in [4.78, 5) is 0. The molecule has 0 fully saturated rings. The zero-order valence-corrected chi connectivity index (χ0v) is 11.4. The summed E-state index contributed by atoms with van der Waals surface area (Å²) >= 11 is 3.48. The molecule has 2 nitrogen and oxygen atoms in total. The number of rotatable bonds is 4. The number of benzene rings is 1. The van der Waals surface area contributed by atoms with Gasteiger partial charge in [-0.1, -0.05) is 35.8 Å². The Hall–Kier alpha value is -0.540. The summed E-state index contributed by atoms with van der Waals surface area (Å²) in [6, 6.07) is 6.66. The predicted octanol–water partition coefficient (Wildman–Crippen LogP) is 3.66. The van der Waals surface area contributed by atoms with Crippen LogP contribution in [-0.4, -0.2) is 12.6 Å². The molecule has 1 aromatic rings. The van der Waals surface area contributed by atoms with Crippen molar-refractivity contribution in [3.05, 3.63) is 28.2 Å². The highest BCUT2D eigenvalue weighted by Crippen LogP contribution is 2.39. The van der Waals surface area contributed by atoms with Gasteiger partial charge < -0.3 is 10.1 Å². The molecule has 0 saturated heterocycles. The van der Waals surface area contributed by atoms with Gasteiger partial charge in [0.15, 0.2) is 0 Å². The van der Waals surface area contributed by atoms with Crippen molar-refractivity contribution in [1.29, 1.82) is 0 Å². The number of hydrogen-bond donors (Lipinski definition) is 1. The summed E-state index contributed by atoms with van der Waals surface area (Å²) in [5.74, 6) is 1.02. The average Bonchev–Trinajstić information content (AvgIpc) is 2.63. The predicted molar refractivity (Wildman–Crippen MR) is 69.9 cm³/mol. The minimum Gasteiger partial charge on any atom is -0.488 e. The van der Waals surface area contributed by atoms with Gasteiger partial charge in [0.25, 0.3) is 0 Å². The molecule has 1 aliphatic rings. The van der Waals surface area contributed by atoms with Gasteiger partial charge in [-0.15, -0.1) is 0 Å². The lowest BCUT2D eigenvalue weighted by atomic mass is 10.0. The Labute approximate surface area is 106 Å². The Morgan fingerprint density at radius 1 is 1.38 bits per heavy atom. The van der Waals surface area contributed by atoms with Crippen LogP contribution in [0.4, 0.5) is 0 Å². The molecule has 88 valence electrons.